The molecule has 9 nitrogen and oxygen atoms in total. The van der Waals surface area contributed by atoms with Gasteiger partial charge in [0, 0.05) is 45.7 Å². The fourth-order valence-corrected chi connectivity index (χ4v) is 5.46. The number of methoxy groups -OCH3 is 1. The van der Waals surface area contributed by atoms with E-state index in [-0.39, 0.29) is 18.3 Å². The third kappa shape index (κ3) is 11.7. The van der Waals surface area contributed by atoms with Gasteiger partial charge in [0.15, 0.2) is 0 Å². The second-order valence-electron chi connectivity index (χ2n) is 10.5. The van der Waals surface area contributed by atoms with Crippen molar-refractivity contribution < 1.29 is 32.6 Å². The largest absolute Gasteiger partial charge is 0.489 e. The molecule has 1 fully saturated rings. The Labute approximate surface area is 262 Å². The quantitative estimate of drug-likeness (QED) is 0.297. The predicted octanol–water partition coefficient (Wildman–Crippen LogP) is 5.22. The van der Waals surface area contributed by atoms with E-state index in [9.17, 15) is 23.1 Å². The minimum Gasteiger partial charge on any atom is -0.489 e. The maximum Gasteiger partial charge on any atom is 0.326 e. The molecule has 0 aliphatic carbocycles. The van der Waals surface area contributed by atoms with E-state index in [2.05, 4.69) is 15.0 Å². The maximum absolute atomic E-state index is 13.3. The summed E-state index contributed by atoms with van der Waals surface area (Å²) in [6.45, 7) is 8.32. The van der Waals surface area contributed by atoms with Crippen LogP contribution in [0.4, 0.5) is 0 Å². The van der Waals surface area contributed by atoms with Gasteiger partial charge < -0.3 is 19.9 Å². The smallest absolute Gasteiger partial charge is 0.326 e. The van der Waals surface area contributed by atoms with Crippen LogP contribution in [-0.2, 0) is 25.9 Å². The van der Waals surface area contributed by atoms with Gasteiger partial charge in [-0.1, -0.05) is 62.4 Å². The molecular weight excluding hydrogens is 580 g/mol. The number of carboxylic acids is 1. The zero-order valence-corrected chi connectivity index (χ0v) is 27.4. The zero-order chi connectivity index (χ0) is 32.7. The van der Waals surface area contributed by atoms with Crippen LogP contribution in [0.15, 0.2) is 72.8 Å². The Morgan fingerprint density at radius 2 is 1.64 bits per heavy atom. The molecule has 4 rings (SSSR count). The van der Waals surface area contributed by atoms with Crippen molar-refractivity contribution >= 4 is 21.7 Å². The lowest BCUT2D eigenvalue weighted by Crippen LogP contribution is -2.42. The van der Waals surface area contributed by atoms with E-state index in [1.165, 1.54) is 0 Å². The molecule has 0 aromatic heterocycles. The molecule has 1 saturated heterocycles. The number of aliphatic carboxylic acids is 1. The summed E-state index contributed by atoms with van der Waals surface area (Å²) in [5.41, 5.74) is 3.92. The number of carbonyl (C=O) groups excluding carboxylic acids is 1. The molecule has 2 N–H and O–H groups in total. The number of para-hydroxylation sites is 1. The van der Waals surface area contributed by atoms with Crippen molar-refractivity contribution in [3.63, 3.8) is 0 Å². The second-order valence-corrected chi connectivity index (χ2v) is 12.7. The number of carbonyl (C=O) groups is 2. The van der Waals surface area contributed by atoms with Crippen molar-refractivity contribution in [2.75, 3.05) is 39.3 Å². The number of carboxylic acid groups (broad SMARTS) is 1. The molecule has 240 valence electrons. The summed E-state index contributed by atoms with van der Waals surface area (Å²) in [5.74, 6) is -1.31. The molecule has 2 unspecified atom stereocenters. The van der Waals surface area contributed by atoms with E-state index in [0.717, 1.165) is 48.2 Å². The highest BCUT2D eigenvalue weighted by Crippen LogP contribution is 2.29. The number of hydrogen-bond acceptors (Lipinski definition) is 7. The second kappa shape index (κ2) is 18.2. The Morgan fingerprint density at radius 1 is 1.00 bits per heavy atom. The molecule has 2 atom stereocenters. The summed E-state index contributed by atoms with van der Waals surface area (Å²) in [5, 5.41) is 12.1. The molecule has 1 aliphatic rings. The number of ether oxygens (including phenoxy) is 2. The van der Waals surface area contributed by atoms with Gasteiger partial charge in [-0.25, -0.2) is 13.2 Å². The van der Waals surface area contributed by atoms with Crippen LogP contribution < -0.4 is 10.1 Å². The van der Waals surface area contributed by atoms with Crippen molar-refractivity contribution in [1.82, 2.24) is 10.2 Å². The van der Waals surface area contributed by atoms with Crippen molar-refractivity contribution in [2.45, 2.75) is 52.3 Å². The molecule has 0 radical (unpaired) electrons. The van der Waals surface area contributed by atoms with E-state index in [1.807, 2.05) is 87.5 Å². The Kier molecular flexibility index (Phi) is 15.1. The normalized spacial score (nSPS) is 15.2. The number of likely N-dealkylation sites (tertiary alicyclic amines) is 1. The fourth-order valence-electron chi connectivity index (χ4n) is 4.80. The van der Waals surface area contributed by atoms with Crippen LogP contribution in [0.2, 0.25) is 0 Å². The van der Waals surface area contributed by atoms with Crippen molar-refractivity contribution in [3.8, 4) is 16.9 Å². The monoisotopic (exact) mass is 626 g/mol. The molecule has 1 aliphatic heterocycles. The molecule has 0 bridgehead atoms. The van der Waals surface area contributed by atoms with Crippen LogP contribution in [0.5, 0.6) is 5.75 Å². The van der Waals surface area contributed by atoms with Gasteiger partial charge in [-0.2, -0.15) is 0 Å². The highest BCUT2D eigenvalue weighted by atomic mass is 32.2. The predicted molar refractivity (Wildman–Crippen MR) is 175 cm³/mol. The van der Waals surface area contributed by atoms with Gasteiger partial charge in [0.2, 0.25) is 0 Å². The Balaban J connectivity index is 0.00000127. The lowest BCUT2D eigenvalue weighted by atomic mass is 9.93. The van der Waals surface area contributed by atoms with Crippen LogP contribution in [0.1, 0.15) is 48.2 Å². The van der Waals surface area contributed by atoms with Crippen LogP contribution >= 0.6 is 0 Å². The van der Waals surface area contributed by atoms with E-state index < -0.39 is 27.8 Å². The first-order valence-electron chi connectivity index (χ1n) is 14.7. The molecule has 0 spiro atoms. The Bertz CT molecular complexity index is 1440. The van der Waals surface area contributed by atoms with Gasteiger partial charge >= 0.3 is 5.97 Å². The maximum atomic E-state index is 13.3. The molecule has 1 heterocycles. The number of nitrogens with one attached hydrogen (secondary N) is 1. The van der Waals surface area contributed by atoms with E-state index in [1.54, 1.807) is 20.3 Å². The number of rotatable bonds is 11. The fraction of sp³-hybridized carbons (Fsp3) is 0.412. The molecule has 3 aromatic carbocycles. The number of hydrogen-bond donors (Lipinski definition) is 2. The lowest BCUT2D eigenvalue weighted by Gasteiger charge is -2.20. The van der Waals surface area contributed by atoms with Gasteiger partial charge in [-0.05, 0) is 66.3 Å². The van der Waals surface area contributed by atoms with E-state index in [4.69, 9.17) is 4.74 Å². The summed E-state index contributed by atoms with van der Waals surface area (Å²) in [6, 6.07) is 21.8. The minimum atomic E-state index is -3.38. The molecule has 0 saturated carbocycles. The third-order valence-corrected chi connectivity index (χ3v) is 7.80. The first kappa shape index (κ1) is 36.5. The Hall–Kier alpha value is -3.73. The van der Waals surface area contributed by atoms with Crippen LogP contribution in [0, 0.1) is 6.92 Å². The number of nitrogens with zero attached hydrogens (tertiary/aromatic N) is 1. The summed E-state index contributed by atoms with van der Waals surface area (Å²) < 4.78 is 33.5. The van der Waals surface area contributed by atoms with Gasteiger partial charge in [0.1, 0.15) is 27.7 Å². The SMILES string of the molecule is CC.COC.Cc1ccccc1-c1cc(CN2CCC(Oc3ccccc3)C2)ccc1C(=O)NC(CCS(C)(=O)=O)C(=O)O. The number of amides is 1. The average Bonchev–Trinajstić information content (AvgIpc) is 3.43. The highest BCUT2D eigenvalue weighted by Gasteiger charge is 2.26. The number of sulfone groups is 1. The topological polar surface area (TPSA) is 122 Å². The third-order valence-electron chi connectivity index (χ3n) is 6.83. The summed E-state index contributed by atoms with van der Waals surface area (Å²) in [6.07, 6.45) is 1.86. The van der Waals surface area contributed by atoms with Gasteiger partial charge in [0.25, 0.3) is 5.91 Å². The van der Waals surface area contributed by atoms with Gasteiger partial charge in [-0.15, -0.1) is 0 Å². The Morgan fingerprint density at radius 3 is 2.25 bits per heavy atom. The van der Waals surface area contributed by atoms with Crippen molar-refractivity contribution in [3.05, 3.63) is 89.5 Å². The van der Waals surface area contributed by atoms with E-state index in [0.29, 0.717) is 17.7 Å². The molecule has 10 heteroatoms. The van der Waals surface area contributed by atoms with Gasteiger partial charge in [0.05, 0.1) is 5.75 Å². The highest BCUT2D eigenvalue weighted by molar-refractivity contribution is 7.90. The standard InChI is InChI=1S/C30H34N2O6S.C2H6O.C2H6/c1-21-8-6-7-11-25(21)27-18-22(19-32-16-14-24(20-32)38-23-9-4-3-5-10-23)12-13-26(27)29(33)31-28(30(34)35)15-17-39(2,36)37;1-3-2;1-2/h3-13,18,24,28H,14-17,19-20H2,1-2H3,(H,31,33)(H,34,35);1-2H3;1-2H3. The van der Waals surface area contributed by atoms with Crippen LogP contribution in [0.25, 0.3) is 11.1 Å². The lowest BCUT2D eigenvalue weighted by molar-refractivity contribution is -0.139. The molecule has 44 heavy (non-hydrogen) atoms. The molecular formula is C34H46N2O7S. The van der Waals surface area contributed by atoms with Crippen molar-refractivity contribution in [1.29, 1.82) is 0 Å². The zero-order valence-electron chi connectivity index (χ0n) is 26.6. The summed E-state index contributed by atoms with van der Waals surface area (Å²) in [4.78, 5) is 27.4. The summed E-state index contributed by atoms with van der Waals surface area (Å²) in [7, 11) is -0.127. The minimum absolute atomic E-state index is 0.105. The van der Waals surface area contributed by atoms with E-state index >= 15 is 0 Å². The first-order chi connectivity index (χ1) is 21.0. The summed E-state index contributed by atoms with van der Waals surface area (Å²) >= 11 is 0. The van der Waals surface area contributed by atoms with Crippen LogP contribution in [-0.4, -0.2) is 81.8 Å². The average molecular weight is 627 g/mol. The number of benzene rings is 3. The first-order valence-corrected chi connectivity index (χ1v) is 16.8. The van der Waals surface area contributed by atoms with Crippen LogP contribution in [0.3, 0.4) is 0 Å². The van der Waals surface area contributed by atoms with Crippen molar-refractivity contribution in [2.24, 2.45) is 0 Å². The number of aryl methyl sites for hydroxylation is 1. The van der Waals surface area contributed by atoms with Gasteiger partial charge in [-0.3, -0.25) is 9.69 Å². The molecule has 3 aromatic rings. The molecule has 1 amide bonds.